The highest BCUT2D eigenvalue weighted by atomic mass is 16.3. The molecule has 1 aromatic carbocycles. The van der Waals surface area contributed by atoms with E-state index in [9.17, 15) is 5.11 Å². The van der Waals surface area contributed by atoms with Gasteiger partial charge in [0.05, 0.1) is 12.0 Å². The van der Waals surface area contributed by atoms with Gasteiger partial charge in [0.2, 0.25) is 0 Å². The van der Waals surface area contributed by atoms with Crippen molar-refractivity contribution in [1.82, 2.24) is 0 Å². The molecular formula is C10H12N2O. The second-order valence-electron chi connectivity index (χ2n) is 2.90. The summed E-state index contributed by atoms with van der Waals surface area (Å²) in [4.78, 5) is 0. The summed E-state index contributed by atoms with van der Waals surface area (Å²) in [5.74, 6) is -0.0787. The Balaban J connectivity index is 3.13. The van der Waals surface area contributed by atoms with Crippen LogP contribution in [0.1, 0.15) is 24.8 Å². The third kappa shape index (κ3) is 1.91. The molecule has 0 saturated heterocycles. The van der Waals surface area contributed by atoms with Gasteiger partial charge in [-0.15, -0.1) is 0 Å². The minimum Gasteiger partial charge on any atom is -0.508 e. The molecule has 0 radical (unpaired) electrons. The second-order valence-corrected chi connectivity index (χ2v) is 2.90. The van der Waals surface area contributed by atoms with Gasteiger partial charge in [-0.1, -0.05) is 6.92 Å². The molecule has 0 aliphatic heterocycles. The Morgan fingerprint density at radius 3 is 2.85 bits per heavy atom. The van der Waals surface area contributed by atoms with Gasteiger partial charge in [0, 0.05) is 5.69 Å². The lowest BCUT2D eigenvalue weighted by molar-refractivity contribution is 0.474. The summed E-state index contributed by atoms with van der Waals surface area (Å²) >= 11 is 0. The van der Waals surface area contributed by atoms with E-state index >= 15 is 0 Å². The SMILES string of the molecule is CCC(C#N)c1cc(O)ccc1N. The molecule has 0 amide bonds. The third-order valence-electron chi connectivity index (χ3n) is 2.01. The number of anilines is 1. The topological polar surface area (TPSA) is 70.0 Å². The predicted octanol–water partition coefficient (Wildman–Crippen LogP) is 1.99. The third-order valence-corrected chi connectivity index (χ3v) is 2.01. The molecule has 3 nitrogen and oxygen atoms in total. The first-order valence-electron chi connectivity index (χ1n) is 4.17. The number of phenolic OH excluding ortho intramolecular Hbond substituents is 1. The van der Waals surface area contributed by atoms with Crippen LogP contribution in [0.25, 0.3) is 0 Å². The highest BCUT2D eigenvalue weighted by Gasteiger charge is 2.11. The molecule has 0 aliphatic carbocycles. The van der Waals surface area contributed by atoms with Gasteiger partial charge >= 0.3 is 0 Å². The fraction of sp³-hybridized carbons (Fsp3) is 0.300. The van der Waals surface area contributed by atoms with E-state index in [4.69, 9.17) is 11.0 Å². The normalized spacial score (nSPS) is 12.0. The summed E-state index contributed by atoms with van der Waals surface area (Å²) < 4.78 is 0. The van der Waals surface area contributed by atoms with E-state index < -0.39 is 0 Å². The fourth-order valence-electron chi connectivity index (χ4n) is 1.24. The molecule has 1 unspecified atom stereocenters. The Hall–Kier alpha value is -1.69. The van der Waals surface area contributed by atoms with Crippen molar-refractivity contribution in [3.8, 4) is 11.8 Å². The van der Waals surface area contributed by atoms with Crippen LogP contribution in [0.15, 0.2) is 18.2 Å². The quantitative estimate of drug-likeness (QED) is 0.534. The molecule has 0 bridgehead atoms. The van der Waals surface area contributed by atoms with E-state index in [-0.39, 0.29) is 11.7 Å². The summed E-state index contributed by atoms with van der Waals surface area (Å²) in [6.07, 6.45) is 0.699. The van der Waals surface area contributed by atoms with Gasteiger partial charge in [-0.25, -0.2) is 0 Å². The van der Waals surface area contributed by atoms with E-state index in [1.165, 1.54) is 6.07 Å². The minimum atomic E-state index is -0.230. The van der Waals surface area contributed by atoms with Crippen molar-refractivity contribution in [2.24, 2.45) is 0 Å². The lowest BCUT2D eigenvalue weighted by Crippen LogP contribution is -1.99. The summed E-state index contributed by atoms with van der Waals surface area (Å²) in [6.45, 7) is 1.91. The Labute approximate surface area is 77.4 Å². The highest BCUT2D eigenvalue weighted by molar-refractivity contribution is 5.53. The van der Waals surface area contributed by atoms with Crippen molar-refractivity contribution in [3.05, 3.63) is 23.8 Å². The van der Waals surface area contributed by atoms with Crippen LogP contribution in [0.5, 0.6) is 5.75 Å². The number of phenols is 1. The predicted molar refractivity (Wildman–Crippen MR) is 51.2 cm³/mol. The van der Waals surface area contributed by atoms with Crippen LogP contribution in [0, 0.1) is 11.3 Å². The van der Waals surface area contributed by atoms with Crippen molar-refractivity contribution in [3.63, 3.8) is 0 Å². The molecular weight excluding hydrogens is 164 g/mol. The van der Waals surface area contributed by atoms with Crippen LogP contribution >= 0.6 is 0 Å². The van der Waals surface area contributed by atoms with Crippen molar-refractivity contribution >= 4 is 5.69 Å². The number of nitriles is 1. The average Bonchev–Trinajstić information content (AvgIpc) is 2.13. The Bertz CT molecular complexity index is 341. The molecule has 13 heavy (non-hydrogen) atoms. The highest BCUT2D eigenvalue weighted by Crippen LogP contribution is 2.27. The first-order chi connectivity index (χ1) is 6.19. The van der Waals surface area contributed by atoms with Crippen molar-refractivity contribution < 1.29 is 5.11 Å². The van der Waals surface area contributed by atoms with E-state index in [0.717, 1.165) is 0 Å². The Kier molecular flexibility index (Phi) is 2.76. The van der Waals surface area contributed by atoms with Crippen LogP contribution in [-0.4, -0.2) is 5.11 Å². The number of nitrogen functional groups attached to an aromatic ring is 1. The molecule has 3 heteroatoms. The van der Waals surface area contributed by atoms with Gasteiger partial charge < -0.3 is 10.8 Å². The molecule has 0 saturated carbocycles. The van der Waals surface area contributed by atoms with E-state index in [2.05, 4.69) is 6.07 Å². The van der Waals surface area contributed by atoms with Crippen molar-refractivity contribution in [2.75, 3.05) is 5.73 Å². The number of nitrogens with zero attached hydrogens (tertiary/aromatic N) is 1. The lowest BCUT2D eigenvalue weighted by Gasteiger charge is -2.09. The van der Waals surface area contributed by atoms with Crippen LogP contribution in [0.4, 0.5) is 5.69 Å². The second kappa shape index (κ2) is 3.81. The zero-order chi connectivity index (χ0) is 9.84. The molecule has 0 heterocycles. The number of hydrogen-bond donors (Lipinski definition) is 2. The van der Waals surface area contributed by atoms with Crippen molar-refractivity contribution in [1.29, 1.82) is 5.26 Å². The van der Waals surface area contributed by atoms with E-state index in [1.807, 2.05) is 6.92 Å². The van der Waals surface area contributed by atoms with Crippen LogP contribution in [0.3, 0.4) is 0 Å². The number of hydrogen-bond acceptors (Lipinski definition) is 3. The smallest absolute Gasteiger partial charge is 0.116 e. The maximum absolute atomic E-state index is 9.21. The molecule has 1 rings (SSSR count). The summed E-state index contributed by atoms with van der Waals surface area (Å²) in [7, 11) is 0. The maximum Gasteiger partial charge on any atom is 0.116 e. The van der Waals surface area contributed by atoms with E-state index in [0.29, 0.717) is 17.7 Å². The van der Waals surface area contributed by atoms with Crippen molar-refractivity contribution in [2.45, 2.75) is 19.3 Å². The zero-order valence-corrected chi connectivity index (χ0v) is 7.49. The number of rotatable bonds is 2. The summed E-state index contributed by atoms with van der Waals surface area (Å²) in [6, 6.07) is 6.83. The lowest BCUT2D eigenvalue weighted by atomic mass is 9.96. The molecule has 0 aliphatic rings. The van der Waals surface area contributed by atoms with Gasteiger partial charge in [-0.05, 0) is 30.2 Å². The monoisotopic (exact) mass is 176 g/mol. The molecule has 0 fully saturated rings. The summed E-state index contributed by atoms with van der Waals surface area (Å²) in [5.41, 5.74) is 6.95. The first-order valence-corrected chi connectivity index (χ1v) is 4.17. The molecule has 1 aromatic rings. The largest absolute Gasteiger partial charge is 0.508 e. The first kappa shape index (κ1) is 9.40. The van der Waals surface area contributed by atoms with E-state index in [1.54, 1.807) is 12.1 Å². The average molecular weight is 176 g/mol. The number of aromatic hydroxyl groups is 1. The van der Waals surface area contributed by atoms with Gasteiger partial charge in [-0.2, -0.15) is 5.26 Å². The Morgan fingerprint density at radius 1 is 1.62 bits per heavy atom. The number of nitrogens with two attached hydrogens (primary N) is 1. The Morgan fingerprint density at radius 2 is 2.31 bits per heavy atom. The van der Waals surface area contributed by atoms with Crippen LogP contribution < -0.4 is 5.73 Å². The van der Waals surface area contributed by atoms with Gasteiger partial charge in [0.25, 0.3) is 0 Å². The molecule has 68 valence electrons. The standard InChI is InChI=1S/C10H12N2O/c1-2-7(6-11)9-5-8(13)3-4-10(9)12/h3-5,7,13H,2,12H2,1H3. The fourth-order valence-corrected chi connectivity index (χ4v) is 1.24. The van der Waals surface area contributed by atoms with Gasteiger partial charge in [0.1, 0.15) is 5.75 Å². The van der Waals surface area contributed by atoms with Crippen LogP contribution in [0.2, 0.25) is 0 Å². The van der Waals surface area contributed by atoms with Gasteiger partial charge in [0.15, 0.2) is 0 Å². The molecule has 0 aromatic heterocycles. The van der Waals surface area contributed by atoms with Crippen LogP contribution in [-0.2, 0) is 0 Å². The zero-order valence-electron chi connectivity index (χ0n) is 7.49. The molecule has 1 atom stereocenters. The van der Waals surface area contributed by atoms with Gasteiger partial charge in [-0.3, -0.25) is 0 Å². The minimum absolute atomic E-state index is 0.151. The number of benzene rings is 1. The summed E-state index contributed by atoms with van der Waals surface area (Å²) in [5, 5.41) is 18.0. The maximum atomic E-state index is 9.21. The molecule has 3 N–H and O–H groups in total. The molecule has 0 spiro atoms.